The van der Waals surface area contributed by atoms with Gasteiger partial charge in [0.2, 0.25) is 0 Å². The van der Waals surface area contributed by atoms with Crippen LogP contribution in [-0.2, 0) is 6.54 Å². The summed E-state index contributed by atoms with van der Waals surface area (Å²) in [4.78, 5) is 4.16. The van der Waals surface area contributed by atoms with Crippen molar-refractivity contribution >= 4 is 0 Å². The SMILES string of the molecule is CCNCc1ccc(-c2cccnc2)c(C)c1. The molecule has 17 heavy (non-hydrogen) atoms. The molecule has 0 saturated heterocycles. The van der Waals surface area contributed by atoms with Crippen LogP contribution in [0.3, 0.4) is 0 Å². The molecule has 88 valence electrons. The van der Waals surface area contributed by atoms with E-state index in [1.807, 2.05) is 12.3 Å². The van der Waals surface area contributed by atoms with Gasteiger partial charge in [-0.3, -0.25) is 4.98 Å². The minimum Gasteiger partial charge on any atom is -0.313 e. The molecule has 0 aliphatic rings. The lowest BCUT2D eigenvalue weighted by Crippen LogP contribution is -2.11. The zero-order valence-corrected chi connectivity index (χ0v) is 10.4. The van der Waals surface area contributed by atoms with Crippen molar-refractivity contribution in [3.63, 3.8) is 0 Å². The minimum atomic E-state index is 0.935. The lowest BCUT2D eigenvalue weighted by Gasteiger charge is -2.08. The highest BCUT2D eigenvalue weighted by molar-refractivity contribution is 5.66. The molecule has 0 atom stereocenters. The third kappa shape index (κ3) is 2.92. The predicted octanol–water partition coefficient (Wildman–Crippen LogP) is 3.17. The van der Waals surface area contributed by atoms with Crippen LogP contribution in [0.2, 0.25) is 0 Å². The molecular formula is C15H18N2. The summed E-state index contributed by atoms with van der Waals surface area (Å²) in [5.74, 6) is 0. The zero-order valence-electron chi connectivity index (χ0n) is 10.4. The van der Waals surface area contributed by atoms with E-state index >= 15 is 0 Å². The summed E-state index contributed by atoms with van der Waals surface area (Å²) in [6, 6.07) is 10.7. The molecule has 0 bridgehead atoms. The van der Waals surface area contributed by atoms with Gasteiger partial charge in [0.25, 0.3) is 0 Å². The third-order valence-electron chi connectivity index (χ3n) is 2.84. The van der Waals surface area contributed by atoms with Gasteiger partial charge in [-0.2, -0.15) is 0 Å². The summed E-state index contributed by atoms with van der Waals surface area (Å²) in [5, 5.41) is 3.34. The van der Waals surface area contributed by atoms with Crippen molar-refractivity contribution in [3.05, 3.63) is 53.9 Å². The van der Waals surface area contributed by atoms with Crippen LogP contribution in [0, 0.1) is 6.92 Å². The highest BCUT2D eigenvalue weighted by Gasteiger charge is 2.02. The second kappa shape index (κ2) is 5.60. The molecule has 2 rings (SSSR count). The Hall–Kier alpha value is -1.67. The van der Waals surface area contributed by atoms with Crippen molar-refractivity contribution in [2.75, 3.05) is 6.54 Å². The first kappa shape index (κ1) is 11.8. The maximum atomic E-state index is 4.16. The van der Waals surface area contributed by atoms with Gasteiger partial charge in [0.15, 0.2) is 0 Å². The normalized spacial score (nSPS) is 10.5. The second-order valence-corrected chi connectivity index (χ2v) is 4.17. The topological polar surface area (TPSA) is 24.9 Å². The number of hydrogen-bond acceptors (Lipinski definition) is 2. The Morgan fingerprint density at radius 3 is 2.76 bits per heavy atom. The molecule has 0 aliphatic carbocycles. The van der Waals surface area contributed by atoms with Crippen molar-refractivity contribution in [3.8, 4) is 11.1 Å². The summed E-state index contributed by atoms with van der Waals surface area (Å²) >= 11 is 0. The summed E-state index contributed by atoms with van der Waals surface area (Å²) in [7, 11) is 0. The van der Waals surface area contributed by atoms with E-state index in [4.69, 9.17) is 0 Å². The number of rotatable bonds is 4. The molecule has 0 aliphatic heterocycles. The Kier molecular flexibility index (Phi) is 3.89. The molecule has 2 heteroatoms. The van der Waals surface area contributed by atoms with Crippen LogP contribution in [0.5, 0.6) is 0 Å². The van der Waals surface area contributed by atoms with Crippen LogP contribution in [-0.4, -0.2) is 11.5 Å². The number of benzene rings is 1. The van der Waals surface area contributed by atoms with Crippen molar-refractivity contribution in [1.82, 2.24) is 10.3 Å². The Labute approximate surface area is 103 Å². The summed E-state index contributed by atoms with van der Waals surface area (Å²) < 4.78 is 0. The van der Waals surface area contributed by atoms with Gasteiger partial charge in [-0.25, -0.2) is 0 Å². The van der Waals surface area contributed by atoms with Gasteiger partial charge in [0.1, 0.15) is 0 Å². The van der Waals surface area contributed by atoms with E-state index in [0.29, 0.717) is 0 Å². The maximum Gasteiger partial charge on any atom is 0.0346 e. The highest BCUT2D eigenvalue weighted by Crippen LogP contribution is 2.23. The molecule has 0 unspecified atom stereocenters. The number of aromatic nitrogens is 1. The molecule has 0 radical (unpaired) electrons. The first-order valence-electron chi connectivity index (χ1n) is 6.02. The number of nitrogens with zero attached hydrogens (tertiary/aromatic N) is 1. The summed E-state index contributed by atoms with van der Waals surface area (Å²) in [6.45, 7) is 6.21. The molecule has 0 spiro atoms. The van der Waals surface area contributed by atoms with E-state index in [1.54, 1.807) is 6.20 Å². The lowest BCUT2D eigenvalue weighted by molar-refractivity contribution is 0.726. The van der Waals surface area contributed by atoms with Crippen molar-refractivity contribution in [2.45, 2.75) is 20.4 Å². The van der Waals surface area contributed by atoms with Gasteiger partial charge in [-0.1, -0.05) is 31.2 Å². The second-order valence-electron chi connectivity index (χ2n) is 4.17. The van der Waals surface area contributed by atoms with Crippen LogP contribution in [0.4, 0.5) is 0 Å². The van der Waals surface area contributed by atoms with Crippen LogP contribution in [0.25, 0.3) is 11.1 Å². The highest BCUT2D eigenvalue weighted by atomic mass is 14.8. The predicted molar refractivity (Wildman–Crippen MR) is 71.8 cm³/mol. The maximum absolute atomic E-state index is 4.16. The quantitative estimate of drug-likeness (QED) is 0.866. The number of nitrogens with one attached hydrogen (secondary N) is 1. The fourth-order valence-corrected chi connectivity index (χ4v) is 1.95. The Bertz CT molecular complexity index is 478. The molecule has 1 N–H and O–H groups in total. The van der Waals surface area contributed by atoms with Crippen molar-refractivity contribution in [2.24, 2.45) is 0 Å². The summed E-state index contributed by atoms with van der Waals surface area (Å²) in [5.41, 5.74) is 5.07. The van der Waals surface area contributed by atoms with E-state index in [-0.39, 0.29) is 0 Å². The largest absolute Gasteiger partial charge is 0.313 e. The van der Waals surface area contributed by atoms with E-state index in [9.17, 15) is 0 Å². The van der Waals surface area contributed by atoms with Crippen molar-refractivity contribution in [1.29, 1.82) is 0 Å². The zero-order chi connectivity index (χ0) is 12.1. The molecule has 0 saturated carbocycles. The van der Waals surface area contributed by atoms with Crippen molar-refractivity contribution < 1.29 is 0 Å². The Morgan fingerprint density at radius 2 is 2.12 bits per heavy atom. The third-order valence-corrected chi connectivity index (χ3v) is 2.84. The van der Waals surface area contributed by atoms with E-state index in [0.717, 1.165) is 13.1 Å². The van der Waals surface area contributed by atoms with Gasteiger partial charge in [-0.15, -0.1) is 0 Å². The van der Waals surface area contributed by atoms with Gasteiger partial charge in [0.05, 0.1) is 0 Å². The van der Waals surface area contributed by atoms with Crippen LogP contribution >= 0.6 is 0 Å². The monoisotopic (exact) mass is 226 g/mol. The average molecular weight is 226 g/mol. The first-order chi connectivity index (χ1) is 8.31. The molecule has 1 aromatic heterocycles. The van der Waals surface area contributed by atoms with E-state index in [1.165, 1.54) is 22.3 Å². The van der Waals surface area contributed by atoms with Crippen LogP contribution < -0.4 is 5.32 Å². The van der Waals surface area contributed by atoms with Crippen LogP contribution in [0.1, 0.15) is 18.1 Å². The molecule has 0 fully saturated rings. The molecule has 2 nitrogen and oxygen atoms in total. The lowest BCUT2D eigenvalue weighted by atomic mass is 10.00. The smallest absolute Gasteiger partial charge is 0.0346 e. The number of pyridine rings is 1. The average Bonchev–Trinajstić information content (AvgIpc) is 2.37. The number of hydrogen-bond donors (Lipinski definition) is 1. The molecule has 1 heterocycles. The molecule has 2 aromatic rings. The van der Waals surface area contributed by atoms with Gasteiger partial charge in [0, 0.05) is 24.5 Å². The number of aryl methyl sites for hydroxylation is 1. The molecule has 1 aromatic carbocycles. The minimum absolute atomic E-state index is 0.935. The summed E-state index contributed by atoms with van der Waals surface area (Å²) in [6.07, 6.45) is 3.71. The molecular weight excluding hydrogens is 208 g/mol. The first-order valence-corrected chi connectivity index (χ1v) is 6.02. The Balaban J connectivity index is 2.26. The van der Waals surface area contributed by atoms with Crippen LogP contribution in [0.15, 0.2) is 42.7 Å². The van der Waals surface area contributed by atoms with Gasteiger partial charge >= 0.3 is 0 Å². The molecule has 0 amide bonds. The fourth-order valence-electron chi connectivity index (χ4n) is 1.95. The van der Waals surface area contributed by atoms with E-state index in [2.05, 4.69) is 48.4 Å². The Morgan fingerprint density at radius 1 is 1.24 bits per heavy atom. The van der Waals surface area contributed by atoms with E-state index < -0.39 is 0 Å². The van der Waals surface area contributed by atoms with Gasteiger partial charge < -0.3 is 5.32 Å². The van der Waals surface area contributed by atoms with Gasteiger partial charge in [-0.05, 0) is 36.2 Å². The standard InChI is InChI=1S/C15H18N2/c1-3-16-10-13-6-7-15(12(2)9-13)14-5-4-8-17-11-14/h4-9,11,16H,3,10H2,1-2H3. The fraction of sp³-hybridized carbons (Fsp3) is 0.267.